The van der Waals surface area contributed by atoms with Gasteiger partial charge in [-0.25, -0.2) is 13.4 Å². The first-order chi connectivity index (χ1) is 10.6. The Morgan fingerprint density at radius 2 is 2.18 bits per heavy atom. The first kappa shape index (κ1) is 13.6. The van der Waals surface area contributed by atoms with Gasteiger partial charge in [-0.05, 0) is 25.0 Å². The van der Waals surface area contributed by atoms with E-state index in [-0.39, 0.29) is 10.1 Å². The second kappa shape index (κ2) is 5.03. The minimum atomic E-state index is -3.53. The van der Waals surface area contributed by atoms with Crippen molar-refractivity contribution < 1.29 is 8.42 Å². The van der Waals surface area contributed by atoms with Crippen LogP contribution in [0.4, 0.5) is 5.13 Å². The monoisotopic (exact) mass is 335 g/mol. The molecule has 3 heterocycles. The lowest BCUT2D eigenvalue weighted by Crippen LogP contribution is -2.04. The highest BCUT2D eigenvalue weighted by Crippen LogP contribution is 2.28. The van der Waals surface area contributed by atoms with E-state index in [2.05, 4.69) is 20.5 Å². The highest BCUT2D eigenvalue weighted by molar-refractivity contribution is 7.92. The van der Waals surface area contributed by atoms with Crippen LogP contribution in [0.5, 0.6) is 0 Å². The summed E-state index contributed by atoms with van der Waals surface area (Å²) in [7, 11) is -3.53. The summed E-state index contributed by atoms with van der Waals surface area (Å²) in [4.78, 5) is 4.31. The van der Waals surface area contributed by atoms with Gasteiger partial charge >= 0.3 is 0 Å². The fourth-order valence-corrected chi connectivity index (χ4v) is 4.40. The topological polar surface area (TPSA) is 89.2 Å². The molecule has 0 radical (unpaired) electrons. The highest BCUT2D eigenvalue weighted by Gasteiger charge is 2.26. The Labute approximate surface area is 131 Å². The molecule has 1 fully saturated rings. The lowest BCUT2D eigenvalue weighted by Gasteiger charge is -1.96. The standard InChI is InChI=1S/C13H13N5O2S2/c19-22(20,13-17-16-12(21-13)15-9-4-5-9)8-10-7-18-6-2-1-3-11(18)14-10/h1-3,6-7,9H,4-5,8H2,(H,15,16). The number of fused-ring (bicyclic) bond motifs is 1. The molecule has 0 amide bonds. The molecule has 1 aliphatic carbocycles. The molecule has 0 spiro atoms. The normalized spacial score (nSPS) is 15.3. The molecule has 1 N–H and O–H groups in total. The van der Waals surface area contributed by atoms with Gasteiger partial charge < -0.3 is 9.72 Å². The van der Waals surface area contributed by atoms with E-state index in [4.69, 9.17) is 0 Å². The number of nitrogens with zero attached hydrogens (tertiary/aromatic N) is 4. The van der Waals surface area contributed by atoms with Crippen molar-refractivity contribution in [2.45, 2.75) is 29.0 Å². The number of nitrogens with one attached hydrogen (secondary N) is 1. The molecule has 0 aromatic carbocycles. The van der Waals surface area contributed by atoms with Crippen LogP contribution in [-0.4, -0.2) is 34.0 Å². The first-order valence-electron chi connectivity index (χ1n) is 6.85. The number of hydrogen-bond acceptors (Lipinski definition) is 7. The van der Waals surface area contributed by atoms with E-state index in [1.165, 1.54) is 0 Å². The molecule has 0 aliphatic heterocycles. The number of aromatic nitrogens is 4. The molecule has 22 heavy (non-hydrogen) atoms. The maximum absolute atomic E-state index is 12.4. The van der Waals surface area contributed by atoms with E-state index in [1.54, 1.807) is 10.6 Å². The van der Waals surface area contributed by atoms with Crippen LogP contribution >= 0.6 is 11.3 Å². The van der Waals surface area contributed by atoms with Crippen LogP contribution in [0, 0.1) is 0 Å². The van der Waals surface area contributed by atoms with Crippen molar-refractivity contribution in [3.63, 3.8) is 0 Å². The van der Waals surface area contributed by atoms with Crippen LogP contribution < -0.4 is 5.32 Å². The number of pyridine rings is 1. The molecule has 0 unspecified atom stereocenters. The van der Waals surface area contributed by atoms with Crippen molar-refractivity contribution in [3.8, 4) is 0 Å². The zero-order valence-electron chi connectivity index (χ0n) is 11.5. The summed E-state index contributed by atoms with van der Waals surface area (Å²) in [5.74, 6) is -0.174. The maximum atomic E-state index is 12.4. The predicted molar refractivity (Wildman–Crippen MR) is 82.6 cm³/mol. The molecule has 0 saturated heterocycles. The van der Waals surface area contributed by atoms with Crippen LogP contribution in [0.2, 0.25) is 0 Å². The second-order valence-electron chi connectivity index (χ2n) is 5.25. The fourth-order valence-electron chi connectivity index (χ4n) is 2.11. The van der Waals surface area contributed by atoms with E-state index in [1.807, 2.05) is 24.4 Å². The molecule has 9 heteroatoms. The number of anilines is 1. The summed E-state index contributed by atoms with van der Waals surface area (Å²) in [6.07, 6.45) is 5.75. The van der Waals surface area contributed by atoms with Gasteiger partial charge in [-0.15, -0.1) is 10.2 Å². The third kappa shape index (κ3) is 2.69. The molecule has 4 rings (SSSR count). The van der Waals surface area contributed by atoms with Gasteiger partial charge in [0.15, 0.2) is 0 Å². The van der Waals surface area contributed by atoms with Crippen molar-refractivity contribution in [3.05, 3.63) is 36.3 Å². The van der Waals surface area contributed by atoms with E-state index < -0.39 is 9.84 Å². The Bertz CT molecular complexity index is 894. The minimum absolute atomic E-state index is 0.0349. The average Bonchev–Trinajstić information content (AvgIpc) is 2.99. The molecule has 0 atom stereocenters. The number of sulfone groups is 1. The van der Waals surface area contributed by atoms with E-state index in [0.717, 1.165) is 29.8 Å². The van der Waals surface area contributed by atoms with Crippen molar-refractivity contribution in [1.82, 2.24) is 19.6 Å². The van der Waals surface area contributed by atoms with Gasteiger partial charge in [-0.1, -0.05) is 17.4 Å². The SMILES string of the molecule is O=S(=O)(Cc1cn2ccccc2n1)c1nnc(NC2CC2)s1. The molecule has 114 valence electrons. The van der Waals surface area contributed by atoms with Gasteiger partial charge in [0.2, 0.25) is 19.3 Å². The van der Waals surface area contributed by atoms with Crippen LogP contribution in [-0.2, 0) is 15.6 Å². The molecule has 7 nitrogen and oxygen atoms in total. The van der Waals surface area contributed by atoms with Crippen LogP contribution in [0.3, 0.4) is 0 Å². The average molecular weight is 335 g/mol. The molecular weight excluding hydrogens is 322 g/mol. The summed E-state index contributed by atoms with van der Waals surface area (Å²) < 4.78 is 26.7. The lowest BCUT2D eigenvalue weighted by atomic mass is 10.5. The third-order valence-corrected chi connectivity index (χ3v) is 6.28. The molecular formula is C13H13N5O2S2. The van der Waals surface area contributed by atoms with Gasteiger partial charge in [0, 0.05) is 18.4 Å². The number of imidazole rings is 1. The lowest BCUT2D eigenvalue weighted by molar-refractivity contribution is 0.593. The Balaban J connectivity index is 1.58. The Hall–Kier alpha value is -2.00. The van der Waals surface area contributed by atoms with E-state index in [0.29, 0.717) is 16.9 Å². The Morgan fingerprint density at radius 1 is 1.32 bits per heavy atom. The van der Waals surface area contributed by atoms with Crippen molar-refractivity contribution >= 4 is 32.0 Å². The van der Waals surface area contributed by atoms with Gasteiger partial charge in [-0.2, -0.15) is 0 Å². The van der Waals surface area contributed by atoms with Gasteiger partial charge in [0.25, 0.3) is 0 Å². The van der Waals surface area contributed by atoms with Gasteiger partial charge in [0.1, 0.15) is 11.4 Å². The fraction of sp³-hybridized carbons (Fsp3) is 0.308. The van der Waals surface area contributed by atoms with Crippen LogP contribution in [0.25, 0.3) is 5.65 Å². The molecule has 0 bridgehead atoms. The van der Waals surface area contributed by atoms with Crippen LogP contribution in [0.15, 0.2) is 34.9 Å². The van der Waals surface area contributed by atoms with Gasteiger partial charge in [-0.3, -0.25) is 0 Å². The maximum Gasteiger partial charge on any atom is 0.234 e. The zero-order valence-corrected chi connectivity index (χ0v) is 13.1. The number of hydrogen-bond donors (Lipinski definition) is 1. The summed E-state index contributed by atoms with van der Waals surface area (Å²) in [5.41, 5.74) is 1.22. The minimum Gasteiger partial charge on any atom is -0.357 e. The van der Waals surface area contributed by atoms with Crippen molar-refractivity contribution in [2.75, 3.05) is 5.32 Å². The second-order valence-corrected chi connectivity index (χ2v) is 8.39. The van der Waals surface area contributed by atoms with Gasteiger partial charge in [0.05, 0.1) is 5.69 Å². The van der Waals surface area contributed by atoms with E-state index >= 15 is 0 Å². The van der Waals surface area contributed by atoms with Crippen molar-refractivity contribution in [1.29, 1.82) is 0 Å². The Kier molecular flexibility index (Phi) is 3.12. The predicted octanol–water partition coefficient (Wildman–Crippen LogP) is 1.73. The summed E-state index contributed by atoms with van der Waals surface area (Å²) in [6.45, 7) is 0. The molecule has 3 aromatic heterocycles. The highest BCUT2D eigenvalue weighted by atomic mass is 32.2. The first-order valence-corrected chi connectivity index (χ1v) is 9.32. The smallest absolute Gasteiger partial charge is 0.234 e. The number of rotatable bonds is 5. The Morgan fingerprint density at radius 3 is 2.95 bits per heavy atom. The zero-order chi connectivity index (χ0) is 15.2. The summed E-state index contributed by atoms with van der Waals surface area (Å²) in [6, 6.07) is 5.98. The summed E-state index contributed by atoms with van der Waals surface area (Å²) in [5, 5.41) is 11.4. The van der Waals surface area contributed by atoms with Crippen molar-refractivity contribution in [2.24, 2.45) is 0 Å². The molecule has 1 saturated carbocycles. The van der Waals surface area contributed by atoms with Crippen LogP contribution in [0.1, 0.15) is 18.5 Å². The quantitative estimate of drug-likeness (QED) is 0.764. The molecule has 3 aromatic rings. The molecule has 1 aliphatic rings. The summed E-state index contributed by atoms with van der Waals surface area (Å²) >= 11 is 1.08. The van der Waals surface area contributed by atoms with E-state index in [9.17, 15) is 8.42 Å². The largest absolute Gasteiger partial charge is 0.357 e. The third-order valence-electron chi connectivity index (χ3n) is 3.33.